The Balaban J connectivity index is 1.40. The van der Waals surface area contributed by atoms with Gasteiger partial charge in [-0.3, -0.25) is 9.59 Å². The fraction of sp³-hybridized carbons (Fsp3) is 0.200. The summed E-state index contributed by atoms with van der Waals surface area (Å²) in [5.41, 5.74) is 3.30. The number of morpholine rings is 1. The van der Waals surface area contributed by atoms with Crippen molar-refractivity contribution in [2.45, 2.75) is 6.17 Å². The summed E-state index contributed by atoms with van der Waals surface area (Å²) in [6.07, 6.45) is 0.435. The van der Waals surface area contributed by atoms with E-state index < -0.39 is 18.0 Å². The lowest BCUT2D eigenvalue weighted by Gasteiger charge is -2.27. The van der Waals surface area contributed by atoms with Gasteiger partial charge in [0, 0.05) is 30.4 Å². The van der Waals surface area contributed by atoms with E-state index in [-0.39, 0.29) is 0 Å². The van der Waals surface area contributed by atoms with E-state index in [9.17, 15) is 9.59 Å². The number of ether oxygens (including phenoxy) is 1. The number of anilines is 2. The Hall–Kier alpha value is -4.04. The number of nitrogens with zero attached hydrogens (tertiary/aromatic N) is 3. The molecule has 2 N–H and O–H groups in total. The van der Waals surface area contributed by atoms with Gasteiger partial charge in [-0.15, -0.1) is 0 Å². The van der Waals surface area contributed by atoms with Gasteiger partial charge in [-0.25, -0.2) is 9.98 Å². The Morgan fingerprint density at radius 1 is 1.00 bits per heavy atom. The van der Waals surface area contributed by atoms with Gasteiger partial charge in [-0.05, 0) is 18.2 Å². The van der Waals surface area contributed by atoms with Crippen LogP contribution in [0.4, 0.5) is 11.5 Å². The molecule has 1 saturated heterocycles. The molecule has 1 unspecified atom stereocenters. The Morgan fingerprint density at radius 3 is 2.52 bits per heavy atom. The molecule has 8 nitrogen and oxygen atoms in total. The molecular formula is C25H23N5O3. The smallest absolute Gasteiger partial charge is 0.269 e. The van der Waals surface area contributed by atoms with Crippen molar-refractivity contribution in [1.29, 1.82) is 0 Å². The number of nitrogens with one attached hydrogen (secondary N) is 2. The molecule has 0 saturated carbocycles. The number of hydrogen-bond acceptors (Lipinski definition) is 6. The van der Waals surface area contributed by atoms with E-state index in [1.54, 1.807) is 6.07 Å². The van der Waals surface area contributed by atoms with Crippen LogP contribution in [-0.2, 0) is 9.53 Å². The molecule has 8 heteroatoms. The number of para-hydroxylation sites is 1. The second-order valence-corrected chi connectivity index (χ2v) is 7.76. The van der Waals surface area contributed by atoms with E-state index in [1.807, 2.05) is 60.7 Å². The minimum absolute atomic E-state index is 0.359. The normalized spacial score (nSPS) is 17.9. The number of amides is 2. The molecule has 0 aliphatic carbocycles. The molecule has 1 atom stereocenters. The minimum Gasteiger partial charge on any atom is -0.378 e. The number of aromatic nitrogens is 1. The summed E-state index contributed by atoms with van der Waals surface area (Å²) in [5, 5.41) is 5.63. The lowest BCUT2D eigenvalue weighted by Crippen LogP contribution is -2.42. The zero-order chi connectivity index (χ0) is 22.6. The molecule has 5 rings (SSSR count). The maximum absolute atomic E-state index is 12.9. The van der Waals surface area contributed by atoms with Crippen molar-refractivity contribution < 1.29 is 14.3 Å². The largest absolute Gasteiger partial charge is 0.378 e. The van der Waals surface area contributed by atoms with Crippen LogP contribution >= 0.6 is 0 Å². The van der Waals surface area contributed by atoms with Crippen molar-refractivity contribution in [3.8, 4) is 0 Å². The summed E-state index contributed by atoms with van der Waals surface area (Å²) in [6, 6.07) is 20.6. The van der Waals surface area contributed by atoms with E-state index in [4.69, 9.17) is 4.74 Å². The third-order valence-corrected chi connectivity index (χ3v) is 5.61. The first kappa shape index (κ1) is 20.8. The number of rotatable bonds is 4. The number of fused-ring (bicyclic) bond motifs is 1. The standard InChI is InChI=1S/C25H23N5O3/c31-24(18-10-11-21(26-16-18)30-12-14-33-15-13-30)29-23-25(32)27-20-9-5-4-8-19(20)22(28-23)17-6-2-1-3-7-17/h1-11,16,23H,12-15H2,(H,27,32)(H,29,31). The van der Waals surface area contributed by atoms with Gasteiger partial charge in [0.2, 0.25) is 6.17 Å². The number of aliphatic imine (C=N–C) groups is 1. The summed E-state index contributed by atoms with van der Waals surface area (Å²) in [6.45, 7) is 2.84. The Kier molecular flexibility index (Phi) is 5.82. The summed E-state index contributed by atoms with van der Waals surface area (Å²) in [7, 11) is 0. The first-order valence-corrected chi connectivity index (χ1v) is 10.8. The van der Waals surface area contributed by atoms with Crippen LogP contribution in [-0.4, -0.2) is 55.0 Å². The summed E-state index contributed by atoms with van der Waals surface area (Å²) >= 11 is 0. The summed E-state index contributed by atoms with van der Waals surface area (Å²) in [5.74, 6) is -0.0279. The van der Waals surface area contributed by atoms with Crippen molar-refractivity contribution >= 4 is 29.0 Å². The topological polar surface area (TPSA) is 95.9 Å². The molecule has 0 spiro atoms. The van der Waals surface area contributed by atoms with Gasteiger partial charge in [0.05, 0.1) is 30.2 Å². The van der Waals surface area contributed by atoms with Gasteiger partial charge >= 0.3 is 0 Å². The number of carbonyl (C=O) groups is 2. The quantitative estimate of drug-likeness (QED) is 0.649. The fourth-order valence-electron chi connectivity index (χ4n) is 3.89. The van der Waals surface area contributed by atoms with Crippen molar-refractivity contribution in [3.05, 3.63) is 89.6 Å². The molecule has 2 aromatic carbocycles. The molecule has 2 aliphatic rings. The van der Waals surface area contributed by atoms with Crippen LogP contribution in [0.3, 0.4) is 0 Å². The number of hydrogen-bond donors (Lipinski definition) is 2. The Morgan fingerprint density at radius 2 is 1.76 bits per heavy atom. The Labute approximate surface area is 191 Å². The molecule has 2 aliphatic heterocycles. The minimum atomic E-state index is -1.08. The zero-order valence-electron chi connectivity index (χ0n) is 17.9. The molecule has 1 aromatic heterocycles. The second kappa shape index (κ2) is 9.22. The van der Waals surface area contributed by atoms with Crippen LogP contribution in [0.1, 0.15) is 21.5 Å². The van der Waals surface area contributed by atoms with Crippen LogP contribution in [0, 0.1) is 0 Å². The van der Waals surface area contributed by atoms with E-state index in [0.29, 0.717) is 30.2 Å². The molecule has 0 radical (unpaired) electrons. The lowest BCUT2D eigenvalue weighted by atomic mass is 10.0. The van der Waals surface area contributed by atoms with Crippen LogP contribution in [0.25, 0.3) is 0 Å². The molecule has 3 aromatic rings. The fourth-order valence-corrected chi connectivity index (χ4v) is 3.89. The van der Waals surface area contributed by atoms with Gasteiger partial charge in [0.1, 0.15) is 5.82 Å². The van der Waals surface area contributed by atoms with Crippen LogP contribution in [0.2, 0.25) is 0 Å². The second-order valence-electron chi connectivity index (χ2n) is 7.76. The molecule has 0 bridgehead atoms. The summed E-state index contributed by atoms with van der Waals surface area (Å²) < 4.78 is 5.37. The average Bonchev–Trinajstić information content (AvgIpc) is 3.01. The maximum atomic E-state index is 12.9. The van der Waals surface area contributed by atoms with Crippen molar-refractivity contribution in [2.24, 2.45) is 4.99 Å². The third kappa shape index (κ3) is 4.47. The van der Waals surface area contributed by atoms with Crippen LogP contribution in [0.5, 0.6) is 0 Å². The van der Waals surface area contributed by atoms with Crippen molar-refractivity contribution in [3.63, 3.8) is 0 Å². The van der Waals surface area contributed by atoms with E-state index >= 15 is 0 Å². The maximum Gasteiger partial charge on any atom is 0.269 e. The van der Waals surface area contributed by atoms with Gasteiger partial charge < -0.3 is 20.3 Å². The van der Waals surface area contributed by atoms with Crippen LogP contribution < -0.4 is 15.5 Å². The number of benzodiazepines with no additional fused rings is 1. The monoisotopic (exact) mass is 441 g/mol. The van der Waals surface area contributed by atoms with E-state index in [2.05, 4.69) is 25.5 Å². The van der Waals surface area contributed by atoms with E-state index in [0.717, 1.165) is 30.0 Å². The third-order valence-electron chi connectivity index (χ3n) is 5.61. The molecule has 2 amide bonds. The highest BCUT2D eigenvalue weighted by Crippen LogP contribution is 2.24. The molecule has 166 valence electrons. The number of benzene rings is 2. The lowest BCUT2D eigenvalue weighted by molar-refractivity contribution is -0.117. The Bertz CT molecular complexity index is 1190. The first-order valence-electron chi connectivity index (χ1n) is 10.8. The van der Waals surface area contributed by atoms with Gasteiger partial charge in [-0.1, -0.05) is 48.5 Å². The molecular weight excluding hydrogens is 418 g/mol. The van der Waals surface area contributed by atoms with E-state index in [1.165, 1.54) is 6.20 Å². The SMILES string of the molecule is O=C(NC1N=C(c2ccccc2)c2ccccc2NC1=O)c1ccc(N2CCOCC2)nc1. The predicted molar refractivity (Wildman–Crippen MR) is 126 cm³/mol. The molecule has 3 heterocycles. The number of carbonyl (C=O) groups excluding carboxylic acids is 2. The van der Waals surface area contributed by atoms with Crippen molar-refractivity contribution in [2.75, 3.05) is 36.5 Å². The van der Waals surface area contributed by atoms with Crippen molar-refractivity contribution in [1.82, 2.24) is 10.3 Å². The summed E-state index contributed by atoms with van der Waals surface area (Å²) in [4.78, 5) is 37.0. The highest BCUT2D eigenvalue weighted by atomic mass is 16.5. The molecule has 1 fully saturated rings. The first-order chi connectivity index (χ1) is 16.2. The highest BCUT2D eigenvalue weighted by Gasteiger charge is 2.27. The van der Waals surface area contributed by atoms with Crippen LogP contribution in [0.15, 0.2) is 77.9 Å². The predicted octanol–water partition coefficient (Wildman–Crippen LogP) is 2.46. The number of pyridine rings is 1. The van der Waals surface area contributed by atoms with Gasteiger partial charge in [0.15, 0.2) is 0 Å². The van der Waals surface area contributed by atoms with Gasteiger partial charge in [-0.2, -0.15) is 0 Å². The average molecular weight is 441 g/mol. The van der Waals surface area contributed by atoms with Gasteiger partial charge in [0.25, 0.3) is 11.8 Å². The highest BCUT2D eigenvalue weighted by molar-refractivity contribution is 6.20. The molecule has 33 heavy (non-hydrogen) atoms. The zero-order valence-corrected chi connectivity index (χ0v) is 17.9.